The number of carbonyl (C=O) groups excluding carboxylic acids is 2. The van der Waals surface area contributed by atoms with Gasteiger partial charge >= 0.3 is 0 Å². The Morgan fingerprint density at radius 1 is 1.04 bits per heavy atom. The summed E-state index contributed by atoms with van der Waals surface area (Å²) in [4.78, 5) is 27.4. The van der Waals surface area contributed by atoms with Crippen molar-refractivity contribution in [1.29, 1.82) is 0 Å². The Morgan fingerprint density at radius 2 is 1.71 bits per heavy atom. The highest BCUT2D eigenvalue weighted by Gasteiger charge is 2.26. The highest BCUT2D eigenvalue weighted by Crippen LogP contribution is 2.17. The Bertz CT molecular complexity index is 817. The standard InChI is InChI=1S/C23H30N2O3/c1-16(2)24-23(27)18(4)25(15-20-10-7-11-21(13-20)28-5)22(26)14-19-9-6-8-17(3)12-19/h6-13,16,18H,14-15H2,1-5H3,(H,24,27)/t18-/m1/s1. The number of nitrogens with zero attached hydrogens (tertiary/aromatic N) is 1. The van der Waals surface area contributed by atoms with Crippen molar-refractivity contribution in [3.05, 3.63) is 65.2 Å². The van der Waals surface area contributed by atoms with Crippen LogP contribution in [0.2, 0.25) is 0 Å². The van der Waals surface area contributed by atoms with E-state index in [2.05, 4.69) is 5.32 Å². The molecule has 2 rings (SSSR count). The van der Waals surface area contributed by atoms with E-state index in [-0.39, 0.29) is 24.3 Å². The predicted octanol–water partition coefficient (Wildman–Crippen LogP) is 3.49. The van der Waals surface area contributed by atoms with Crippen molar-refractivity contribution in [2.45, 2.75) is 52.7 Å². The first-order valence-corrected chi connectivity index (χ1v) is 9.58. The lowest BCUT2D eigenvalue weighted by Gasteiger charge is -2.29. The zero-order valence-corrected chi connectivity index (χ0v) is 17.4. The van der Waals surface area contributed by atoms with Crippen LogP contribution in [0.5, 0.6) is 5.75 Å². The van der Waals surface area contributed by atoms with Crippen LogP contribution in [0.3, 0.4) is 0 Å². The quantitative estimate of drug-likeness (QED) is 0.760. The molecule has 0 aliphatic carbocycles. The average Bonchev–Trinajstić information content (AvgIpc) is 2.65. The van der Waals surface area contributed by atoms with E-state index in [1.807, 2.05) is 69.3 Å². The topological polar surface area (TPSA) is 58.6 Å². The van der Waals surface area contributed by atoms with Crippen LogP contribution >= 0.6 is 0 Å². The van der Waals surface area contributed by atoms with Crippen molar-refractivity contribution in [2.75, 3.05) is 7.11 Å². The number of carbonyl (C=O) groups is 2. The minimum atomic E-state index is -0.578. The number of hydrogen-bond donors (Lipinski definition) is 1. The molecule has 0 radical (unpaired) electrons. The van der Waals surface area contributed by atoms with E-state index in [0.717, 1.165) is 22.4 Å². The lowest BCUT2D eigenvalue weighted by molar-refractivity contribution is -0.140. The maximum atomic E-state index is 13.1. The smallest absolute Gasteiger partial charge is 0.242 e. The molecule has 0 saturated carbocycles. The lowest BCUT2D eigenvalue weighted by Crippen LogP contribution is -2.49. The van der Waals surface area contributed by atoms with Gasteiger partial charge in [-0.2, -0.15) is 0 Å². The Kier molecular flexibility index (Phi) is 7.61. The Hall–Kier alpha value is -2.82. The molecule has 2 aromatic carbocycles. The average molecular weight is 383 g/mol. The van der Waals surface area contributed by atoms with E-state index < -0.39 is 6.04 Å². The van der Waals surface area contributed by atoms with Crippen LogP contribution in [-0.2, 0) is 22.6 Å². The van der Waals surface area contributed by atoms with E-state index >= 15 is 0 Å². The Balaban J connectivity index is 2.25. The third kappa shape index (κ3) is 6.12. The number of amides is 2. The van der Waals surface area contributed by atoms with Gasteiger partial charge in [0.25, 0.3) is 0 Å². The molecule has 0 spiro atoms. The summed E-state index contributed by atoms with van der Waals surface area (Å²) in [6.45, 7) is 7.93. The third-order valence-electron chi connectivity index (χ3n) is 4.52. The number of rotatable bonds is 8. The second-order valence-corrected chi connectivity index (χ2v) is 7.38. The molecular weight excluding hydrogens is 352 g/mol. The van der Waals surface area contributed by atoms with Crippen LogP contribution in [0.4, 0.5) is 0 Å². The normalized spacial score (nSPS) is 11.8. The summed E-state index contributed by atoms with van der Waals surface area (Å²) in [6, 6.07) is 14.9. The Morgan fingerprint density at radius 3 is 2.36 bits per heavy atom. The zero-order valence-electron chi connectivity index (χ0n) is 17.4. The first kappa shape index (κ1) is 21.5. The first-order valence-electron chi connectivity index (χ1n) is 9.58. The molecule has 0 fully saturated rings. The number of benzene rings is 2. The van der Waals surface area contributed by atoms with Crippen molar-refractivity contribution in [3.63, 3.8) is 0 Å². The molecule has 0 saturated heterocycles. The lowest BCUT2D eigenvalue weighted by atomic mass is 10.1. The largest absolute Gasteiger partial charge is 0.497 e. The number of methoxy groups -OCH3 is 1. The summed E-state index contributed by atoms with van der Waals surface area (Å²) in [7, 11) is 1.61. The molecule has 0 heterocycles. The van der Waals surface area contributed by atoms with Crippen molar-refractivity contribution in [3.8, 4) is 5.75 Å². The SMILES string of the molecule is COc1cccc(CN(C(=O)Cc2cccc(C)c2)[C@H](C)C(=O)NC(C)C)c1. The number of nitrogens with one attached hydrogen (secondary N) is 1. The van der Waals surface area contributed by atoms with Gasteiger partial charge in [0.05, 0.1) is 13.5 Å². The summed E-state index contributed by atoms with van der Waals surface area (Å²) in [5, 5.41) is 2.90. The molecule has 0 aromatic heterocycles. The van der Waals surface area contributed by atoms with Crippen molar-refractivity contribution >= 4 is 11.8 Å². The molecule has 1 atom stereocenters. The van der Waals surface area contributed by atoms with Crippen molar-refractivity contribution in [2.24, 2.45) is 0 Å². The summed E-state index contributed by atoms with van der Waals surface area (Å²) in [6.07, 6.45) is 0.255. The predicted molar refractivity (Wildman–Crippen MR) is 111 cm³/mol. The molecule has 0 bridgehead atoms. The highest BCUT2D eigenvalue weighted by atomic mass is 16.5. The molecule has 28 heavy (non-hydrogen) atoms. The molecule has 150 valence electrons. The van der Waals surface area contributed by atoms with Gasteiger partial charge in [0, 0.05) is 12.6 Å². The van der Waals surface area contributed by atoms with Gasteiger partial charge in [0.1, 0.15) is 11.8 Å². The van der Waals surface area contributed by atoms with Gasteiger partial charge in [-0.15, -0.1) is 0 Å². The molecule has 2 aromatic rings. The second-order valence-electron chi connectivity index (χ2n) is 7.38. The van der Waals surface area contributed by atoms with Crippen LogP contribution in [-0.4, -0.2) is 35.9 Å². The molecule has 5 nitrogen and oxygen atoms in total. The van der Waals surface area contributed by atoms with E-state index in [1.165, 1.54) is 0 Å². The second kappa shape index (κ2) is 9.93. The fraction of sp³-hybridized carbons (Fsp3) is 0.391. The zero-order chi connectivity index (χ0) is 20.7. The molecule has 1 N–H and O–H groups in total. The van der Waals surface area contributed by atoms with Gasteiger partial charge in [-0.05, 0) is 51.0 Å². The van der Waals surface area contributed by atoms with Crippen LogP contribution in [0.15, 0.2) is 48.5 Å². The van der Waals surface area contributed by atoms with E-state index in [4.69, 9.17) is 4.74 Å². The first-order chi connectivity index (χ1) is 13.3. The summed E-state index contributed by atoms with van der Waals surface area (Å²) < 4.78 is 5.28. The summed E-state index contributed by atoms with van der Waals surface area (Å²) in [5.41, 5.74) is 2.97. The van der Waals surface area contributed by atoms with Crippen LogP contribution in [0.25, 0.3) is 0 Å². The van der Waals surface area contributed by atoms with Crippen molar-refractivity contribution in [1.82, 2.24) is 10.2 Å². The van der Waals surface area contributed by atoms with Crippen LogP contribution in [0, 0.1) is 6.92 Å². The minimum Gasteiger partial charge on any atom is -0.497 e. The van der Waals surface area contributed by atoms with E-state index in [9.17, 15) is 9.59 Å². The molecule has 0 aliphatic heterocycles. The van der Waals surface area contributed by atoms with Crippen molar-refractivity contribution < 1.29 is 14.3 Å². The number of aryl methyl sites for hydroxylation is 1. The molecule has 2 amide bonds. The number of ether oxygens (including phenoxy) is 1. The maximum absolute atomic E-state index is 13.1. The maximum Gasteiger partial charge on any atom is 0.242 e. The van der Waals surface area contributed by atoms with Gasteiger partial charge in [-0.1, -0.05) is 42.0 Å². The van der Waals surface area contributed by atoms with Gasteiger partial charge in [-0.25, -0.2) is 0 Å². The molecular formula is C23H30N2O3. The van der Waals surface area contributed by atoms with E-state index in [0.29, 0.717) is 6.54 Å². The monoisotopic (exact) mass is 382 g/mol. The van der Waals surface area contributed by atoms with Gasteiger partial charge in [0.15, 0.2) is 0 Å². The Labute approximate surface area is 167 Å². The highest BCUT2D eigenvalue weighted by molar-refractivity contribution is 5.88. The number of hydrogen-bond acceptors (Lipinski definition) is 3. The fourth-order valence-corrected chi connectivity index (χ4v) is 3.05. The fourth-order valence-electron chi connectivity index (χ4n) is 3.05. The third-order valence-corrected chi connectivity index (χ3v) is 4.52. The van der Waals surface area contributed by atoms with Gasteiger partial charge < -0.3 is 15.0 Å². The van der Waals surface area contributed by atoms with Gasteiger partial charge in [-0.3, -0.25) is 9.59 Å². The van der Waals surface area contributed by atoms with E-state index in [1.54, 1.807) is 18.9 Å². The molecule has 5 heteroatoms. The van der Waals surface area contributed by atoms with Gasteiger partial charge in [0.2, 0.25) is 11.8 Å². The molecule has 0 aliphatic rings. The molecule has 0 unspecified atom stereocenters. The minimum absolute atomic E-state index is 0.0143. The summed E-state index contributed by atoms with van der Waals surface area (Å²) in [5.74, 6) is 0.484. The van der Waals surface area contributed by atoms with Crippen LogP contribution in [0.1, 0.15) is 37.5 Å². The summed E-state index contributed by atoms with van der Waals surface area (Å²) >= 11 is 0. The van der Waals surface area contributed by atoms with Crippen LogP contribution < -0.4 is 10.1 Å².